The number of nitrogens with one attached hydrogen (secondary N) is 1. The van der Waals surface area contributed by atoms with Crippen LogP contribution >= 0.6 is 11.6 Å². The van der Waals surface area contributed by atoms with Crippen molar-refractivity contribution in [2.24, 2.45) is 0 Å². The van der Waals surface area contributed by atoms with Crippen molar-refractivity contribution in [2.75, 3.05) is 6.54 Å². The number of aromatic nitrogens is 4. The number of nitrogens with zero attached hydrogens (tertiary/aromatic N) is 4. The summed E-state index contributed by atoms with van der Waals surface area (Å²) in [7, 11) is 0. The van der Waals surface area contributed by atoms with Crippen molar-refractivity contribution in [1.82, 2.24) is 25.1 Å². The molecule has 3 heterocycles. The number of hydrogen-bond acceptors (Lipinski definition) is 4. The molecule has 0 saturated heterocycles. The van der Waals surface area contributed by atoms with E-state index in [1.807, 2.05) is 25.1 Å². The Labute approximate surface area is 143 Å². The average Bonchev–Trinajstić information content (AvgIpc) is 3.01. The molecule has 0 radical (unpaired) electrons. The average molecular weight is 340 g/mol. The first kappa shape index (κ1) is 14.8. The zero-order chi connectivity index (χ0) is 16.7. The highest BCUT2D eigenvalue weighted by Crippen LogP contribution is 2.29. The standard InChI is InChI=1S/C17H14ClN5O/c1-10-3-2-4-11(18)15(10)16-19-6-5-12(21-16)13-9-14-17(24)20-7-8-23(14)22-13/h2-6,9H,7-8H2,1H3,(H,20,24). The van der Waals surface area contributed by atoms with Gasteiger partial charge in [-0.05, 0) is 30.7 Å². The molecule has 0 fully saturated rings. The molecular weight excluding hydrogens is 326 g/mol. The summed E-state index contributed by atoms with van der Waals surface area (Å²) in [5.41, 5.74) is 3.67. The van der Waals surface area contributed by atoms with Gasteiger partial charge in [0.05, 0.1) is 17.3 Å². The topological polar surface area (TPSA) is 72.7 Å². The number of carbonyl (C=O) groups excluding carboxylic acids is 1. The van der Waals surface area contributed by atoms with Gasteiger partial charge in [-0.3, -0.25) is 9.48 Å². The van der Waals surface area contributed by atoms with Crippen molar-refractivity contribution in [3.8, 4) is 22.8 Å². The highest BCUT2D eigenvalue weighted by atomic mass is 35.5. The fourth-order valence-corrected chi connectivity index (χ4v) is 3.10. The SMILES string of the molecule is Cc1cccc(Cl)c1-c1nccc(-c2cc3n(n2)CCNC3=O)n1. The Balaban J connectivity index is 1.80. The Kier molecular flexibility index (Phi) is 3.54. The van der Waals surface area contributed by atoms with Crippen LogP contribution in [-0.4, -0.2) is 32.2 Å². The van der Waals surface area contributed by atoms with Crippen LogP contribution in [-0.2, 0) is 6.54 Å². The summed E-state index contributed by atoms with van der Waals surface area (Å²) in [4.78, 5) is 20.8. The largest absolute Gasteiger partial charge is 0.349 e. The van der Waals surface area contributed by atoms with E-state index in [1.54, 1.807) is 23.0 Å². The van der Waals surface area contributed by atoms with Gasteiger partial charge >= 0.3 is 0 Å². The van der Waals surface area contributed by atoms with Crippen LogP contribution in [0.5, 0.6) is 0 Å². The quantitative estimate of drug-likeness (QED) is 0.779. The van der Waals surface area contributed by atoms with Crippen LogP contribution in [0.3, 0.4) is 0 Å². The molecule has 1 aromatic carbocycles. The number of aryl methyl sites for hydroxylation is 1. The van der Waals surface area contributed by atoms with Crippen molar-refractivity contribution in [3.05, 3.63) is 52.8 Å². The molecule has 1 aliphatic heterocycles. The van der Waals surface area contributed by atoms with Gasteiger partial charge in [-0.25, -0.2) is 9.97 Å². The first-order chi connectivity index (χ1) is 11.6. The minimum Gasteiger partial charge on any atom is -0.349 e. The molecule has 1 aliphatic rings. The summed E-state index contributed by atoms with van der Waals surface area (Å²) in [5.74, 6) is 0.433. The summed E-state index contributed by atoms with van der Waals surface area (Å²) in [5, 5.41) is 7.90. The summed E-state index contributed by atoms with van der Waals surface area (Å²) in [6, 6.07) is 9.21. The van der Waals surface area contributed by atoms with Gasteiger partial charge in [0.1, 0.15) is 11.4 Å². The van der Waals surface area contributed by atoms with Crippen LogP contribution in [0.2, 0.25) is 5.02 Å². The molecule has 1 amide bonds. The molecule has 7 heteroatoms. The van der Waals surface area contributed by atoms with Gasteiger partial charge in [-0.15, -0.1) is 0 Å². The number of rotatable bonds is 2. The first-order valence-electron chi connectivity index (χ1n) is 7.58. The van der Waals surface area contributed by atoms with Crippen molar-refractivity contribution >= 4 is 17.5 Å². The zero-order valence-corrected chi connectivity index (χ0v) is 13.7. The number of benzene rings is 1. The summed E-state index contributed by atoms with van der Waals surface area (Å²) in [6.07, 6.45) is 1.68. The lowest BCUT2D eigenvalue weighted by atomic mass is 10.1. The Bertz CT molecular complexity index is 930. The summed E-state index contributed by atoms with van der Waals surface area (Å²) in [6.45, 7) is 3.21. The second-order valence-electron chi connectivity index (χ2n) is 5.59. The molecule has 0 unspecified atom stereocenters. The van der Waals surface area contributed by atoms with Crippen LogP contribution in [0, 0.1) is 6.92 Å². The van der Waals surface area contributed by atoms with E-state index < -0.39 is 0 Å². The number of halogens is 1. The van der Waals surface area contributed by atoms with Crippen LogP contribution in [0.1, 0.15) is 16.1 Å². The van der Waals surface area contributed by atoms with Crippen LogP contribution in [0.15, 0.2) is 36.5 Å². The third-order valence-corrected chi connectivity index (χ3v) is 4.30. The number of amides is 1. The minimum atomic E-state index is -0.115. The van der Waals surface area contributed by atoms with Crippen LogP contribution < -0.4 is 5.32 Å². The molecule has 0 aliphatic carbocycles. The smallest absolute Gasteiger partial charge is 0.269 e. The molecule has 0 atom stereocenters. The molecular formula is C17H14ClN5O. The maximum atomic E-state index is 11.9. The molecule has 6 nitrogen and oxygen atoms in total. The Hall–Kier alpha value is -2.73. The summed E-state index contributed by atoms with van der Waals surface area (Å²) >= 11 is 6.31. The molecule has 0 saturated carbocycles. The molecule has 0 spiro atoms. The molecule has 2 aromatic heterocycles. The van der Waals surface area contributed by atoms with E-state index >= 15 is 0 Å². The van der Waals surface area contributed by atoms with E-state index in [-0.39, 0.29) is 5.91 Å². The monoisotopic (exact) mass is 339 g/mol. The predicted molar refractivity (Wildman–Crippen MR) is 90.8 cm³/mol. The van der Waals surface area contributed by atoms with Crippen molar-refractivity contribution < 1.29 is 4.79 Å². The second-order valence-corrected chi connectivity index (χ2v) is 6.00. The normalized spacial score (nSPS) is 13.5. The van der Waals surface area contributed by atoms with Gasteiger partial charge in [0.25, 0.3) is 5.91 Å². The molecule has 0 bridgehead atoms. The highest BCUT2D eigenvalue weighted by Gasteiger charge is 2.20. The van der Waals surface area contributed by atoms with Crippen LogP contribution in [0.25, 0.3) is 22.8 Å². The number of carbonyl (C=O) groups is 1. The molecule has 24 heavy (non-hydrogen) atoms. The third kappa shape index (κ3) is 2.45. The predicted octanol–water partition coefficient (Wildman–Crippen LogP) is 2.71. The van der Waals surface area contributed by atoms with Crippen molar-refractivity contribution in [1.29, 1.82) is 0 Å². The third-order valence-electron chi connectivity index (χ3n) is 3.99. The number of hydrogen-bond donors (Lipinski definition) is 1. The summed E-state index contributed by atoms with van der Waals surface area (Å²) < 4.78 is 1.71. The Morgan fingerprint density at radius 2 is 2.12 bits per heavy atom. The lowest BCUT2D eigenvalue weighted by Gasteiger charge is -2.13. The van der Waals surface area contributed by atoms with Gasteiger partial charge in [0.15, 0.2) is 5.82 Å². The van der Waals surface area contributed by atoms with Crippen molar-refractivity contribution in [3.63, 3.8) is 0 Å². The Morgan fingerprint density at radius 1 is 1.25 bits per heavy atom. The van der Waals surface area contributed by atoms with Crippen LogP contribution in [0.4, 0.5) is 0 Å². The van der Waals surface area contributed by atoms with E-state index in [4.69, 9.17) is 11.6 Å². The fourth-order valence-electron chi connectivity index (χ4n) is 2.80. The molecule has 3 aromatic rings. The maximum absolute atomic E-state index is 11.9. The van der Waals surface area contributed by atoms with Crippen molar-refractivity contribution in [2.45, 2.75) is 13.5 Å². The fraction of sp³-hybridized carbons (Fsp3) is 0.176. The number of fused-ring (bicyclic) bond motifs is 1. The first-order valence-corrected chi connectivity index (χ1v) is 7.96. The Morgan fingerprint density at radius 3 is 2.92 bits per heavy atom. The van der Waals surface area contributed by atoms with Gasteiger partial charge in [-0.2, -0.15) is 5.10 Å². The van der Waals surface area contributed by atoms with E-state index in [2.05, 4.69) is 20.4 Å². The van der Waals surface area contributed by atoms with Gasteiger partial charge in [0, 0.05) is 18.3 Å². The minimum absolute atomic E-state index is 0.115. The second kappa shape index (κ2) is 5.72. The molecule has 120 valence electrons. The molecule has 4 rings (SSSR count). The lowest BCUT2D eigenvalue weighted by Crippen LogP contribution is -2.35. The molecule has 1 N–H and O–H groups in total. The van der Waals surface area contributed by atoms with E-state index in [0.29, 0.717) is 41.0 Å². The van der Waals surface area contributed by atoms with E-state index in [1.165, 1.54) is 0 Å². The highest BCUT2D eigenvalue weighted by molar-refractivity contribution is 6.33. The van der Waals surface area contributed by atoms with Gasteiger partial charge < -0.3 is 5.32 Å². The van der Waals surface area contributed by atoms with E-state index in [0.717, 1.165) is 11.1 Å². The lowest BCUT2D eigenvalue weighted by molar-refractivity contribution is 0.0924. The van der Waals surface area contributed by atoms with E-state index in [9.17, 15) is 4.79 Å². The zero-order valence-electron chi connectivity index (χ0n) is 13.0. The van der Waals surface area contributed by atoms with Gasteiger partial charge in [0.2, 0.25) is 0 Å². The van der Waals surface area contributed by atoms with Gasteiger partial charge in [-0.1, -0.05) is 23.7 Å². The maximum Gasteiger partial charge on any atom is 0.269 e.